The van der Waals surface area contributed by atoms with Crippen LogP contribution in [0.3, 0.4) is 0 Å². The summed E-state index contributed by atoms with van der Waals surface area (Å²) in [7, 11) is 1.63. The predicted molar refractivity (Wildman–Crippen MR) is 135 cm³/mol. The van der Waals surface area contributed by atoms with E-state index in [1.165, 1.54) is 11.8 Å². The molecule has 0 atom stereocenters. The number of rotatable bonds is 9. The number of nitrogens with one attached hydrogen (secondary N) is 1. The Morgan fingerprint density at radius 1 is 0.941 bits per heavy atom. The van der Waals surface area contributed by atoms with Crippen molar-refractivity contribution in [1.82, 2.24) is 14.8 Å². The Morgan fingerprint density at radius 3 is 2.26 bits per heavy atom. The lowest BCUT2D eigenvalue weighted by molar-refractivity contribution is -0.113. The molecule has 0 spiro atoms. The molecular weight excluding hydrogens is 448 g/mol. The average Bonchev–Trinajstić information content (AvgIpc) is 3.29. The minimum atomic E-state index is -0.110. The van der Waals surface area contributed by atoms with Gasteiger partial charge in [0.15, 0.2) is 11.0 Å². The van der Waals surface area contributed by atoms with E-state index in [-0.39, 0.29) is 11.7 Å². The van der Waals surface area contributed by atoms with Gasteiger partial charge in [-0.1, -0.05) is 29.5 Å². The first-order valence-corrected chi connectivity index (χ1v) is 11.9. The number of hydrogen-bond acceptors (Lipinski definition) is 6. The van der Waals surface area contributed by atoms with Crippen molar-refractivity contribution in [2.24, 2.45) is 0 Å². The zero-order valence-electron chi connectivity index (χ0n) is 19.3. The fraction of sp³-hybridized carbons (Fsp3) is 0.192. The Bertz CT molecular complexity index is 1240. The van der Waals surface area contributed by atoms with Crippen molar-refractivity contribution >= 4 is 23.4 Å². The minimum absolute atomic E-state index is 0.110. The summed E-state index contributed by atoms with van der Waals surface area (Å²) in [6.45, 7) is 4.56. The fourth-order valence-corrected chi connectivity index (χ4v) is 4.10. The SMILES string of the molecule is CCOc1ccc(-n2c(SCC(=O)Nc3ccc(C)cc3)nnc2-c2ccc(OC)cc2)cc1. The first-order valence-electron chi connectivity index (χ1n) is 10.9. The normalized spacial score (nSPS) is 10.7. The number of anilines is 1. The van der Waals surface area contributed by atoms with Crippen molar-refractivity contribution < 1.29 is 14.3 Å². The molecular formula is C26H26N4O3S. The fourth-order valence-electron chi connectivity index (χ4n) is 3.35. The molecule has 0 aliphatic rings. The molecule has 8 heteroatoms. The molecule has 0 unspecified atom stereocenters. The predicted octanol–water partition coefficient (Wildman–Crippen LogP) is 5.38. The number of amides is 1. The Labute approximate surface area is 203 Å². The molecule has 0 radical (unpaired) electrons. The molecule has 174 valence electrons. The van der Waals surface area contributed by atoms with Crippen LogP contribution in [-0.2, 0) is 4.79 Å². The van der Waals surface area contributed by atoms with E-state index in [2.05, 4.69) is 15.5 Å². The van der Waals surface area contributed by atoms with Crippen LogP contribution in [0.1, 0.15) is 12.5 Å². The summed E-state index contributed by atoms with van der Waals surface area (Å²) in [5.41, 5.74) is 3.67. The number of aromatic nitrogens is 3. The Morgan fingerprint density at radius 2 is 1.62 bits per heavy atom. The molecule has 1 N–H and O–H groups in total. The number of nitrogens with zero attached hydrogens (tertiary/aromatic N) is 3. The number of hydrogen-bond donors (Lipinski definition) is 1. The topological polar surface area (TPSA) is 78.3 Å². The van der Waals surface area contributed by atoms with Gasteiger partial charge in [0.05, 0.1) is 19.5 Å². The van der Waals surface area contributed by atoms with Crippen molar-refractivity contribution in [3.8, 4) is 28.6 Å². The molecule has 0 bridgehead atoms. The number of methoxy groups -OCH3 is 1. The van der Waals surface area contributed by atoms with Crippen LogP contribution in [0.2, 0.25) is 0 Å². The van der Waals surface area contributed by atoms with Gasteiger partial charge < -0.3 is 14.8 Å². The number of benzene rings is 3. The van der Waals surface area contributed by atoms with E-state index < -0.39 is 0 Å². The van der Waals surface area contributed by atoms with Gasteiger partial charge in [0, 0.05) is 16.9 Å². The van der Waals surface area contributed by atoms with Crippen LogP contribution >= 0.6 is 11.8 Å². The van der Waals surface area contributed by atoms with Gasteiger partial charge in [-0.15, -0.1) is 10.2 Å². The third-order valence-corrected chi connectivity index (χ3v) is 5.98. The first kappa shape index (κ1) is 23.4. The highest BCUT2D eigenvalue weighted by Crippen LogP contribution is 2.30. The smallest absolute Gasteiger partial charge is 0.234 e. The highest BCUT2D eigenvalue weighted by molar-refractivity contribution is 7.99. The number of carbonyl (C=O) groups excluding carboxylic acids is 1. The summed E-state index contributed by atoms with van der Waals surface area (Å²) in [6, 6.07) is 23.1. The second-order valence-electron chi connectivity index (χ2n) is 7.50. The molecule has 1 amide bonds. The minimum Gasteiger partial charge on any atom is -0.497 e. The lowest BCUT2D eigenvalue weighted by Gasteiger charge is -2.12. The van der Waals surface area contributed by atoms with Crippen LogP contribution < -0.4 is 14.8 Å². The van der Waals surface area contributed by atoms with E-state index in [0.717, 1.165) is 34.0 Å². The lowest BCUT2D eigenvalue weighted by Crippen LogP contribution is -2.14. The summed E-state index contributed by atoms with van der Waals surface area (Å²) in [4.78, 5) is 12.6. The second kappa shape index (κ2) is 10.9. The van der Waals surface area contributed by atoms with Crippen molar-refractivity contribution in [2.75, 3.05) is 24.8 Å². The van der Waals surface area contributed by atoms with E-state index in [1.807, 2.05) is 91.2 Å². The van der Waals surface area contributed by atoms with Gasteiger partial charge in [0.25, 0.3) is 0 Å². The van der Waals surface area contributed by atoms with Crippen LogP contribution in [0.4, 0.5) is 5.69 Å². The third-order valence-electron chi connectivity index (χ3n) is 5.06. The van der Waals surface area contributed by atoms with Crippen molar-refractivity contribution in [3.63, 3.8) is 0 Å². The number of ether oxygens (including phenoxy) is 2. The van der Waals surface area contributed by atoms with Crippen molar-refractivity contribution in [1.29, 1.82) is 0 Å². The van der Waals surface area contributed by atoms with Crippen molar-refractivity contribution in [3.05, 3.63) is 78.4 Å². The van der Waals surface area contributed by atoms with E-state index in [0.29, 0.717) is 17.6 Å². The maximum absolute atomic E-state index is 12.6. The summed E-state index contributed by atoms with van der Waals surface area (Å²) in [6.07, 6.45) is 0. The molecule has 0 aliphatic carbocycles. The van der Waals surface area contributed by atoms with E-state index >= 15 is 0 Å². The van der Waals surface area contributed by atoms with Gasteiger partial charge in [-0.25, -0.2) is 0 Å². The maximum Gasteiger partial charge on any atom is 0.234 e. The summed E-state index contributed by atoms with van der Waals surface area (Å²) >= 11 is 1.33. The molecule has 0 aliphatic heterocycles. The van der Waals surface area contributed by atoms with Gasteiger partial charge >= 0.3 is 0 Å². The van der Waals surface area contributed by atoms with E-state index in [9.17, 15) is 4.79 Å². The van der Waals surface area contributed by atoms with Gasteiger partial charge in [-0.2, -0.15) is 0 Å². The van der Waals surface area contributed by atoms with Gasteiger partial charge in [-0.3, -0.25) is 9.36 Å². The van der Waals surface area contributed by atoms with Gasteiger partial charge in [0.2, 0.25) is 5.91 Å². The number of aryl methyl sites for hydroxylation is 1. The number of carbonyl (C=O) groups is 1. The monoisotopic (exact) mass is 474 g/mol. The van der Waals surface area contributed by atoms with E-state index in [4.69, 9.17) is 9.47 Å². The molecule has 34 heavy (non-hydrogen) atoms. The molecule has 1 aromatic heterocycles. The van der Waals surface area contributed by atoms with Crippen LogP contribution in [0.5, 0.6) is 11.5 Å². The second-order valence-corrected chi connectivity index (χ2v) is 8.44. The van der Waals surface area contributed by atoms with Gasteiger partial charge in [-0.05, 0) is 74.5 Å². The highest BCUT2D eigenvalue weighted by Gasteiger charge is 2.18. The zero-order valence-corrected chi connectivity index (χ0v) is 20.1. The molecule has 4 aromatic rings. The molecule has 0 saturated heterocycles. The maximum atomic E-state index is 12.6. The highest BCUT2D eigenvalue weighted by atomic mass is 32.2. The zero-order chi connectivity index (χ0) is 23.9. The van der Waals surface area contributed by atoms with Crippen LogP contribution in [0.25, 0.3) is 17.1 Å². The standard InChI is InChI=1S/C26H26N4O3S/c1-4-33-23-15-11-21(12-16-23)30-25(19-7-13-22(32-3)14-8-19)28-29-26(30)34-17-24(31)27-20-9-5-18(2)6-10-20/h5-16H,4,17H2,1-3H3,(H,27,31). The van der Waals surface area contributed by atoms with Crippen molar-refractivity contribution in [2.45, 2.75) is 19.0 Å². The molecule has 1 heterocycles. The lowest BCUT2D eigenvalue weighted by atomic mass is 10.2. The van der Waals surface area contributed by atoms with Crippen LogP contribution in [0.15, 0.2) is 78.0 Å². The third kappa shape index (κ3) is 5.58. The first-order chi connectivity index (χ1) is 16.6. The summed E-state index contributed by atoms with van der Waals surface area (Å²) < 4.78 is 12.8. The Balaban J connectivity index is 1.60. The summed E-state index contributed by atoms with van der Waals surface area (Å²) in [5, 5.41) is 12.4. The van der Waals surface area contributed by atoms with E-state index in [1.54, 1.807) is 7.11 Å². The molecule has 7 nitrogen and oxygen atoms in total. The molecule has 3 aromatic carbocycles. The quantitative estimate of drug-likeness (QED) is 0.328. The number of thioether (sulfide) groups is 1. The Kier molecular flexibility index (Phi) is 7.49. The molecule has 4 rings (SSSR count). The Hall–Kier alpha value is -3.78. The van der Waals surface area contributed by atoms with Crippen LogP contribution in [0, 0.1) is 6.92 Å². The molecule has 0 saturated carbocycles. The van der Waals surface area contributed by atoms with Gasteiger partial charge in [0.1, 0.15) is 11.5 Å². The molecule has 0 fully saturated rings. The van der Waals surface area contributed by atoms with Crippen LogP contribution in [-0.4, -0.2) is 40.1 Å². The summed E-state index contributed by atoms with van der Waals surface area (Å²) in [5.74, 6) is 2.32. The largest absolute Gasteiger partial charge is 0.497 e. The average molecular weight is 475 g/mol.